The van der Waals surface area contributed by atoms with Crippen LogP contribution in [0.15, 0.2) is 24.3 Å². The van der Waals surface area contributed by atoms with E-state index in [9.17, 15) is 0 Å². The molecular weight excluding hydrogens is 222 g/mol. The second-order valence-corrected chi connectivity index (χ2v) is 5.85. The van der Waals surface area contributed by atoms with E-state index in [4.69, 9.17) is 0 Å². The predicted molar refractivity (Wildman–Crippen MR) is 73.4 cm³/mol. The maximum absolute atomic E-state index is 4.38. The molecule has 1 aliphatic carbocycles. The molecule has 1 heterocycles. The van der Waals surface area contributed by atoms with Crippen molar-refractivity contribution in [1.82, 2.24) is 15.0 Å². The van der Waals surface area contributed by atoms with Crippen molar-refractivity contribution in [1.29, 1.82) is 0 Å². The van der Waals surface area contributed by atoms with Gasteiger partial charge >= 0.3 is 0 Å². The topological polar surface area (TPSA) is 30.7 Å². The first-order valence-electron chi connectivity index (χ1n) is 7.05. The van der Waals surface area contributed by atoms with Crippen LogP contribution >= 0.6 is 0 Å². The third-order valence-corrected chi connectivity index (χ3v) is 4.35. The van der Waals surface area contributed by atoms with E-state index in [1.807, 2.05) is 12.1 Å². The van der Waals surface area contributed by atoms with Gasteiger partial charge in [-0.1, -0.05) is 44.0 Å². The fourth-order valence-electron chi connectivity index (χ4n) is 3.19. The highest BCUT2D eigenvalue weighted by Crippen LogP contribution is 2.36. The highest BCUT2D eigenvalue weighted by Gasteiger charge is 2.26. The summed E-state index contributed by atoms with van der Waals surface area (Å²) in [7, 11) is 0. The van der Waals surface area contributed by atoms with E-state index in [0.717, 1.165) is 17.4 Å². The molecular formula is C15H21N3. The molecule has 0 spiro atoms. The van der Waals surface area contributed by atoms with E-state index in [-0.39, 0.29) is 0 Å². The lowest BCUT2D eigenvalue weighted by molar-refractivity contribution is 0.208. The fourth-order valence-corrected chi connectivity index (χ4v) is 3.19. The molecule has 3 nitrogen and oxygen atoms in total. The summed E-state index contributed by atoms with van der Waals surface area (Å²) < 4.78 is 2.16. The molecule has 0 amide bonds. The number of hydrogen-bond acceptors (Lipinski definition) is 2. The maximum atomic E-state index is 4.38. The normalized spacial score (nSPS) is 24.8. The number of aromatic nitrogens is 3. The summed E-state index contributed by atoms with van der Waals surface area (Å²) in [6.07, 6.45) is 5.20. The number of rotatable bonds is 2. The summed E-state index contributed by atoms with van der Waals surface area (Å²) in [6, 6.07) is 8.82. The molecule has 0 aliphatic heterocycles. The first-order chi connectivity index (χ1) is 8.75. The molecule has 1 aromatic heterocycles. The minimum atomic E-state index is 0.540. The Morgan fingerprint density at radius 3 is 2.89 bits per heavy atom. The van der Waals surface area contributed by atoms with E-state index in [2.05, 4.69) is 41.0 Å². The van der Waals surface area contributed by atoms with Crippen LogP contribution in [0.3, 0.4) is 0 Å². The van der Waals surface area contributed by atoms with Crippen LogP contribution in [0.25, 0.3) is 11.0 Å². The van der Waals surface area contributed by atoms with Crippen LogP contribution in [-0.2, 0) is 0 Å². The number of para-hydroxylation sites is 1. The van der Waals surface area contributed by atoms with E-state index < -0.39 is 0 Å². The van der Waals surface area contributed by atoms with Crippen LogP contribution in [0.4, 0.5) is 0 Å². The van der Waals surface area contributed by atoms with Crippen molar-refractivity contribution in [2.24, 2.45) is 11.8 Å². The number of hydrogen-bond donors (Lipinski definition) is 0. The Bertz CT molecular complexity index is 529. The molecule has 3 rings (SSSR count). The molecule has 2 aromatic rings. The predicted octanol–water partition coefficient (Wildman–Crippen LogP) is 3.82. The molecule has 0 bridgehead atoms. The highest BCUT2D eigenvalue weighted by atomic mass is 15.4. The highest BCUT2D eigenvalue weighted by molar-refractivity contribution is 5.73. The van der Waals surface area contributed by atoms with E-state index in [1.165, 1.54) is 31.2 Å². The standard InChI is InChI=1S/C15H21N3/c1-11(2)12-6-5-7-13(10-12)18-15-9-4-3-8-14(15)16-17-18/h3-4,8-9,11-13H,5-7,10H2,1-2H3. The Hall–Kier alpha value is -1.38. The SMILES string of the molecule is CC(C)C1CCCC(n2nnc3ccccc32)C1. The van der Waals surface area contributed by atoms with E-state index >= 15 is 0 Å². The zero-order valence-electron chi connectivity index (χ0n) is 11.2. The molecule has 0 saturated heterocycles. The lowest BCUT2D eigenvalue weighted by Crippen LogP contribution is -2.23. The molecule has 3 heteroatoms. The Balaban J connectivity index is 1.90. The second kappa shape index (κ2) is 4.71. The summed E-state index contributed by atoms with van der Waals surface area (Å²) in [4.78, 5) is 0. The lowest BCUT2D eigenvalue weighted by atomic mass is 9.79. The Morgan fingerprint density at radius 1 is 1.22 bits per heavy atom. The Kier molecular flexibility index (Phi) is 3.06. The summed E-state index contributed by atoms with van der Waals surface area (Å²) in [5.74, 6) is 1.62. The van der Waals surface area contributed by atoms with Gasteiger partial charge in [0.2, 0.25) is 0 Å². The number of nitrogens with zero attached hydrogens (tertiary/aromatic N) is 3. The first-order valence-corrected chi connectivity index (χ1v) is 7.05. The molecule has 96 valence electrons. The van der Waals surface area contributed by atoms with E-state index in [1.54, 1.807) is 0 Å². The Morgan fingerprint density at radius 2 is 2.06 bits per heavy atom. The van der Waals surface area contributed by atoms with Gasteiger partial charge in [0.25, 0.3) is 0 Å². The zero-order valence-corrected chi connectivity index (χ0v) is 11.2. The smallest absolute Gasteiger partial charge is 0.113 e. The molecule has 1 aromatic carbocycles. The quantitative estimate of drug-likeness (QED) is 0.802. The van der Waals surface area contributed by atoms with Crippen LogP contribution in [0.5, 0.6) is 0 Å². The van der Waals surface area contributed by atoms with Crippen molar-refractivity contribution in [3.05, 3.63) is 24.3 Å². The molecule has 1 saturated carbocycles. The molecule has 2 unspecified atom stereocenters. The maximum Gasteiger partial charge on any atom is 0.113 e. The molecule has 1 aliphatic rings. The van der Waals surface area contributed by atoms with Crippen molar-refractivity contribution in [3.63, 3.8) is 0 Å². The van der Waals surface area contributed by atoms with Crippen LogP contribution in [0.2, 0.25) is 0 Å². The van der Waals surface area contributed by atoms with Crippen LogP contribution in [-0.4, -0.2) is 15.0 Å². The number of fused-ring (bicyclic) bond motifs is 1. The van der Waals surface area contributed by atoms with Crippen LogP contribution < -0.4 is 0 Å². The van der Waals surface area contributed by atoms with Gasteiger partial charge in [-0.15, -0.1) is 5.10 Å². The van der Waals surface area contributed by atoms with Gasteiger partial charge < -0.3 is 0 Å². The third-order valence-electron chi connectivity index (χ3n) is 4.35. The van der Waals surface area contributed by atoms with Crippen molar-refractivity contribution in [2.75, 3.05) is 0 Å². The van der Waals surface area contributed by atoms with Gasteiger partial charge in [0.15, 0.2) is 0 Å². The van der Waals surface area contributed by atoms with Crippen molar-refractivity contribution < 1.29 is 0 Å². The molecule has 1 fully saturated rings. The summed E-state index contributed by atoms with van der Waals surface area (Å²) in [5.41, 5.74) is 2.20. The molecule has 0 N–H and O–H groups in total. The monoisotopic (exact) mass is 243 g/mol. The van der Waals surface area contributed by atoms with Gasteiger partial charge in [-0.2, -0.15) is 0 Å². The Labute approximate surface area is 108 Å². The molecule has 18 heavy (non-hydrogen) atoms. The van der Waals surface area contributed by atoms with Crippen LogP contribution in [0.1, 0.15) is 45.6 Å². The largest absolute Gasteiger partial charge is 0.242 e. The van der Waals surface area contributed by atoms with Gasteiger partial charge in [0.05, 0.1) is 11.6 Å². The van der Waals surface area contributed by atoms with Crippen molar-refractivity contribution in [3.8, 4) is 0 Å². The van der Waals surface area contributed by atoms with Gasteiger partial charge in [-0.25, -0.2) is 4.68 Å². The minimum Gasteiger partial charge on any atom is -0.242 e. The van der Waals surface area contributed by atoms with Crippen molar-refractivity contribution >= 4 is 11.0 Å². The summed E-state index contributed by atoms with van der Waals surface area (Å²) in [6.45, 7) is 4.68. The molecule has 0 radical (unpaired) electrons. The third kappa shape index (κ3) is 2.02. The van der Waals surface area contributed by atoms with Crippen molar-refractivity contribution in [2.45, 2.75) is 45.6 Å². The summed E-state index contributed by atoms with van der Waals surface area (Å²) in [5, 5.41) is 8.66. The lowest BCUT2D eigenvalue weighted by Gasteiger charge is -2.31. The zero-order chi connectivity index (χ0) is 12.5. The average Bonchev–Trinajstić information content (AvgIpc) is 2.82. The van der Waals surface area contributed by atoms with Gasteiger partial charge in [0, 0.05) is 0 Å². The number of benzene rings is 1. The van der Waals surface area contributed by atoms with Gasteiger partial charge in [-0.05, 0) is 36.8 Å². The van der Waals surface area contributed by atoms with Crippen LogP contribution in [0, 0.1) is 11.8 Å². The second-order valence-electron chi connectivity index (χ2n) is 5.85. The average molecular weight is 243 g/mol. The fraction of sp³-hybridized carbons (Fsp3) is 0.600. The minimum absolute atomic E-state index is 0.540. The van der Waals surface area contributed by atoms with Gasteiger partial charge in [-0.3, -0.25) is 0 Å². The van der Waals surface area contributed by atoms with E-state index in [0.29, 0.717) is 6.04 Å². The summed E-state index contributed by atoms with van der Waals surface area (Å²) >= 11 is 0. The molecule has 2 atom stereocenters. The van der Waals surface area contributed by atoms with Gasteiger partial charge in [0.1, 0.15) is 5.52 Å². The first kappa shape index (κ1) is 11.7.